The Morgan fingerprint density at radius 1 is 0.680 bits per heavy atom. The molecule has 2 nitrogen and oxygen atoms in total. The van der Waals surface area contributed by atoms with E-state index in [1.165, 1.54) is 51.0 Å². The predicted octanol–water partition coefficient (Wildman–Crippen LogP) is 5.63. The van der Waals surface area contributed by atoms with E-state index in [0.717, 1.165) is 12.5 Å². The molecule has 0 rings (SSSR count). The van der Waals surface area contributed by atoms with Crippen LogP contribution in [0, 0.1) is 0 Å². The van der Waals surface area contributed by atoms with Crippen molar-refractivity contribution in [2.24, 2.45) is 0 Å². The van der Waals surface area contributed by atoms with E-state index in [4.69, 9.17) is 5.11 Å². The minimum atomic E-state index is -0.936. The predicted molar refractivity (Wildman–Crippen MR) is 114 cm³/mol. The average molecular weight is 468 g/mol. The van der Waals surface area contributed by atoms with Gasteiger partial charge < -0.3 is 5.11 Å². The van der Waals surface area contributed by atoms with Gasteiger partial charge in [0.1, 0.15) is 0 Å². The monoisotopic (exact) mass is 468 g/mol. The van der Waals surface area contributed by atoms with Crippen LogP contribution in [-0.4, -0.2) is 60.0 Å². The zero-order valence-corrected chi connectivity index (χ0v) is 14.9. The van der Waals surface area contributed by atoms with Gasteiger partial charge in [-0.2, -0.15) is 0 Å². The molecule has 0 unspecified atom stereocenters. The van der Waals surface area contributed by atoms with Crippen LogP contribution in [0.2, 0.25) is 0 Å². The maximum atomic E-state index is 10.2. The van der Waals surface area contributed by atoms with Crippen molar-refractivity contribution in [2.75, 3.05) is 0 Å². The second kappa shape index (κ2) is 23.5. The first-order valence-corrected chi connectivity index (χ1v) is 9.00. The fraction of sp³-hybridized carbons (Fsp3) is 0.409. The first-order chi connectivity index (χ1) is 11.8. The fourth-order valence-electron chi connectivity index (χ4n) is 2.05. The maximum absolute atomic E-state index is 10.2. The SMILES string of the molecule is CCCCCCCCCC=CC=CC=CC=CC=CC=CC(=O)O.[BaH2]. The molecule has 0 aliphatic carbocycles. The third-order valence-corrected chi connectivity index (χ3v) is 3.35. The van der Waals surface area contributed by atoms with Gasteiger partial charge in [-0.05, 0) is 12.8 Å². The van der Waals surface area contributed by atoms with Crippen LogP contribution in [0.1, 0.15) is 58.3 Å². The molecule has 0 aromatic carbocycles. The van der Waals surface area contributed by atoms with E-state index in [-0.39, 0.29) is 48.9 Å². The summed E-state index contributed by atoms with van der Waals surface area (Å²) in [5.41, 5.74) is 0. The number of unbranched alkanes of at least 4 members (excludes halogenated alkanes) is 7. The molecule has 0 atom stereocenters. The van der Waals surface area contributed by atoms with Gasteiger partial charge >= 0.3 is 54.9 Å². The molecule has 0 radical (unpaired) electrons. The summed E-state index contributed by atoms with van der Waals surface area (Å²) in [5.74, 6) is -0.936. The van der Waals surface area contributed by atoms with Crippen LogP contribution in [0.5, 0.6) is 0 Å². The van der Waals surface area contributed by atoms with E-state index in [1.807, 2.05) is 36.5 Å². The van der Waals surface area contributed by atoms with Crippen molar-refractivity contribution in [1.29, 1.82) is 0 Å². The molecule has 1 N–H and O–H groups in total. The van der Waals surface area contributed by atoms with Crippen molar-refractivity contribution >= 4 is 54.9 Å². The van der Waals surface area contributed by atoms with Gasteiger partial charge in [0.2, 0.25) is 0 Å². The van der Waals surface area contributed by atoms with Gasteiger partial charge in [-0.15, -0.1) is 0 Å². The van der Waals surface area contributed by atoms with E-state index in [2.05, 4.69) is 19.1 Å². The summed E-state index contributed by atoms with van der Waals surface area (Å²) in [6, 6.07) is 0. The Hall–Kier alpha value is -0.519. The molecular formula is C22H34BaO2. The summed E-state index contributed by atoms with van der Waals surface area (Å²) in [6.45, 7) is 2.25. The molecule has 25 heavy (non-hydrogen) atoms. The molecule has 0 aliphatic rings. The Kier molecular flexibility index (Phi) is 25.1. The molecule has 0 heterocycles. The molecule has 0 bridgehead atoms. The molecule has 0 aromatic rings. The van der Waals surface area contributed by atoms with Gasteiger partial charge in [0, 0.05) is 6.08 Å². The number of carboxylic acid groups (broad SMARTS) is 1. The van der Waals surface area contributed by atoms with Crippen LogP contribution >= 0.6 is 0 Å². The van der Waals surface area contributed by atoms with Crippen molar-refractivity contribution < 1.29 is 9.90 Å². The molecule has 0 amide bonds. The number of rotatable bonds is 14. The summed E-state index contributed by atoms with van der Waals surface area (Å²) in [5, 5.41) is 8.39. The Labute approximate surface area is 194 Å². The molecule has 136 valence electrons. The third kappa shape index (κ3) is 25.8. The number of carbonyl (C=O) groups is 1. The van der Waals surface area contributed by atoms with Crippen LogP contribution in [0.3, 0.4) is 0 Å². The van der Waals surface area contributed by atoms with Gasteiger partial charge in [0.25, 0.3) is 0 Å². The third-order valence-electron chi connectivity index (χ3n) is 3.35. The number of hydrogen-bond donors (Lipinski definition) is 1. The van der Waals surface area contributed by atoms with Gasteiger partial charge in [-0.25, -0.2) is 4.79 Å². The zero-order chi connectivity index (χ0) is 17.7. The van der Waals surface area contributed by atoms with Crippen molar-refractivity contribution in [3.63, 3.8) is 0 Å². The number of hydrogen-bond acceptors (Lipinski definition) is 1. The second-order valence-electron chi connectivity index (χ2n) is 5.58. The van der Waals surface area contributed by atoms with E-state index in [9.17, 15) is 4.79 Å². The van der Waals surface area contributed by atoms with E-state index in [1.54, 1.807) is 12.2 Å². The van der Waals surface area contributed by atoms with Crippen molar-refractivity contribution in [2.45, 2.75) is 58.3 Å². The minimum absolute atomic E-state index is 0. The number of aliphatic carboxylic acids is 1. The summed E-state index contributed by atoms with van der Waals surface area (Å²) >= 11 is 0. The number of allylic oxidation sites excluding steroid dienone is 11. The second-order valence-corrected chi connectivity index (χ2v) is 5.58. The van der Waals surface area contributed by atoms with E-state index >= 15 is 0 Å². The van der Waals surface area contributed by atoms with E-state index < -0.39 is 5.97 Å². The van der Waals surface area contributed by atoms with Gasteiger partial charge in [-0.3, -0.25) is 0 Å². The average Bonchev–Trinajstić information content (AvgIpc) is 2.56. The van der Waals surface area contributed by atoms with Gasteiger partial charge in [0.15, 0.2) is 0 Å². The summed E-state index contributed by atoms with van der Waals surface area (Å²) in [4.78, 5) is 10.2. The van der Waals surface area contributed by atoms with Crippen molar-refractivity contribution in [1.82, 2.24) is 0 Å². The van der Waals surface area contributed by atoms with Gasteiger partial charge in [-0.1, -0.05) is 112 Å². The van der Waals surface area contributed by atoms with Crippen LogP contribution in [0.4, 0.5) is 0 Å². The standard InChI is InChI=1S/C22H32O2.Ba.2H/c1-2-3-4-5-6-7-8-9-10-11-12-13-14-15-16-17-18-19-20-21-22(23)24;;;/h10-21H,2-9H2,1H3,(H,23,24);;;. The molecule has 0 saturated heterocycles. The van der Waals surface area contributed by atoms with Crippen LogP contribution in [0.15, 0.2) is 72.9 Å². The van der Waals surface area contributed by atoms with Crippen molar-refractivity contribution in [3.8, 4) is 0 Å². The Morgan fingerprint density at radius 2 is 1.12 bits per heavy atom. The quantitative estimate of drug-likeness (QED) is 0.155. The first kappa shape index (κ1) is 26.7. The summed E-state index contributed by atoms with van der Waals surface area (Å²) in [6.07, 6.45) is 32.7. The Bertz CT molecular complexity index is 468. The van der Waals surface area contributed by atoms with Gasteiger partial charge in [0.05, 0.1) is 0 Å². The van der Waals surface area contributed by atoms with Crippen LogP contribution in [-0.2, 0) is 4.79 Å². The molecule has 0 fully saturated rings. The van der Waals surface area contributed by atoms with Crippen molar-refractivity contribution in [3.05, 3.63) is 72.9 Å². The Balaban J connectivity index is 0. The molecule has 0 spiro atoms. The number of carboxylic acids is 1. The molecule has 0 saturated carbocycles. The first-order valence-electron chi connectivity index (χ1n) is 9.00. The normalized spacial score (nSPS) is 12.5. The summed E-state index contributed by atoms with van der Waals surface area (Å²) < 4.78 is 0. The molecule has 0 aromatic heterocycles. The summed E-state index contributed by atoms with van der Waals surface area (Å²) in [7, 11) is 0. The zero-order valence-electron chi connectivity index (χ0n) is 14.9. The van der Waals surface area contributed by atoms with Crippen LogP contribution in [0.25, 0.3) is 0 Å². The fourth-order valence-corrected chi connectivity index (χ4v) is 2.05. The molecule has 0 aliphatic heterocycles. The van der Waals surface area contributed by atoms with Crippen LogP contribution < -0.4 is 0 Å². The topological polar surface area (TPSA) is 37.3 Å². The van der Waals surface area contributed by atoms with E-state index in [0.29, 0.717) is 0 Å². The molecule has 3 heteroatoms. The Morgan fingerprint density at radius 3 is 1.64 bits per heavy atom. The molecular weight excluding hydrogens is 434 g/mol.